The number of nitrogens with two attached hydrogens (primary N) is 1. The largest absolute Gasteiger partial charge is 0.293 e. The molecule has 4 heteroatoms. The van der Waals surface area contributed by atoms with E-state index in [1.807, 2.05) is 20.9 Å². The summed E-state index contributed by atoms with van der Waals surface area (Å²) in [5.74, 6) is 5.33. The maximum Gasteiger partial charge on any atom is 0.251 e. The van der Waals surface area contributed by atoms with E-state index in [1.54, 1.807) is 0 Å². The minimum atomic E-state index is -0.176. The molecule has 1 amide bonds. The summed E-state index contributed by atoms with van der Waals surface area (Å²) in [7, 11) is 1.98. The van der Waals surface area contributed by atoms with Gasteiger partial charge in [0.15, 0.2) is 0 Å². The maximum absolute atomic E-state index is 11.7. The number of hydrogen-bond donors (Lipinski definition) is 2. The fourth-order valence-corrected chi connectivity index (χ4v) is 1.64. The van der Waals surface area contributed by atoms with E-state index in [0.29, 0.717) is 0 Å². The van der Waals surface area contributed by atoms with Crippen LogP contribution in [0.3, 0.4) is 0 Å². The molecule has 4 nitrogen and oxygen atoms in total. The monoisotopic (exact) mass is 215 g/mol. The minimum absolute atomic E-state index is 0.00144. The van der Waals surface area contributed by atoms with Crippen LogP contribution in [-0.4, -0.2) is 29.4 Å². The highest BCUT2D eigenvalue weighted by atomic mass is 16.2. The Morgan fingerprint density at radius 2 is 1.93 bits per heavy atom. The van der Waals surface area contributed by atoms with Crippen LogP contribution in [0, 0.1) is 5.92 Å². The van der Waals surface area contributed by atoms with Crippen molar-refractivity contribution in [2.75, 3.05) is 7.05 Å². The van der Waals surface area contributed by atoms with E-state index in [1.165, 1.54) is 0 Å². The van der Waals surface area contributed by atoms with Crippen molar-refractivity contribution in [2.24, 2.45) is 11.8 Å². The van der Waals surface area contributed by atoms with E-state index in [2.05, 4.69) is 31.1 Å². The van der Waals surface area contributed by atoms with Gasteiger partial charge in [-0.3, -0.25) is 15.1 Å². The Labute approximate surface area is 93.2 Å². The molecule has 15 heavy (non-hydrogen) atoms. The number of nitrogens with one attached hydrogen (secondary N) is 1. The molecule has 1 unspecified atom stereocenters. The Bertz CT molecular complexity index is 214. The summed E-state index contributed by atoms with van der Waals surface area (Å²) in [4.78, 5) is 13.8. The minimum Gasteiger partial charge on any atom is -0.293 e. The first kappa shape index (κ1) is 14.4. The average molecular weight is 215 g/mol. The Morgan fingerprint density at radius 1 is 1.47 bits per heavy atom. The van der Waals surface area contributed by atoms with Crippen LogP contribution in [0.4, 0.5) is 0 Å². The summed E-state index contributed by atoms with van der Waals surface area (Å²) >= 11 is 0. The van der Waals surface area contributed by atoms with E-state index in [0.717, 1.165) is 6.42 Å². The maximum atomic E-state index is 11.7. The molecule has 0 saturated carbocycles. The quantitative estimate of drug-likeness (QED) is 0.410. The third-order valence-corrected chi connectivity index (χ3v) is 3.28. The highest BCUT2D eigenvalue weighted by Crippen LogP contribution is 2.22. The van der Waals surface area contributed by atoms with Crippen LogP contribution in [0.15, 0.2) is 0 Å². The molecule has 0 radical (unpaired) electrons. The third kappa shape index (κ3) is 3.47. The van der Waals surface area contributed by atoms with Crippen LogP contribution < -0.4 is 11.3 Å². The summed E-state index contributed by atoms with van der Waals surface area (Å²) in [6, 6.07) is -0.176. The fraction of sp³-hybridized carbons (Fsp3) is 0.909. The second-order valence-corrected chi connectivity index (χ2v) is 4.97. The molecule has 0 heterocycles. The van der Waals surface area contributed by atoms with Gasteiger partial charge in [0.05, 0.1) is 6.04 Å². The van der Waals surface area contributed by atoms with Crippen molar-refractivity contribution in [3.63, 3.8) is 0 Å². The van der Waals surface area contributed by atoms with E-state index in [9.17, 15) is 4.79 Å². The summed E-state index contributed by atoms with van der Waals surface area (Å²) in [6.07, 6.45) is 0.991. The number of likely N-dealkylation sites (N-methyl/N-ethyl adjacent to an activating group) is 1. The van der Waals surface area contributed by atoms with Gasteiger partial charge in [0.1, 0.15) is 0 Å². The number of hydrogen-bond acceptors (Lipinski definition) is 3. The van der Waals surface area contributed by atoms with Crippen molar-refractivity contribution in [3.8, 4) is 0 Å². The lowest BCUT2D eigenvalue weighted by Gasteiger charge is -2.41. The van der Waals surface area contributed by atoms with Gasteiger partial charge in [-0.05, 0) is 33.2 Å². The summed E-state index contributed by atoms with van der Waals surface area (Å²) in [6.45, 7) is 10.4. The first-order valence-corrected chi connectivity index (χ1v) is 5.51. The third-order valence-electron chi connectivity index (χ3n) is 3.28. The van der Waals surface area contributed by atoms with Gasteiger partial charge in [0, 0.05) is 5.54 Å². The summed E-state index contributed by atoms with van der Waals surface area (Å²) < 4.78 is 0. The first-order valence-electron chi connectivity index (χ1n) is 5.51. The lowest BCUT2D eigenvalue weighted by molar-refractivity contribution is -0.130. The molecule has 0 rings (SSSR count). The second kappa shape index (κ2) is 5.47. The molecular formula is C11H25N3O. The zero-order valence-corrected chi connectivity index (χ0v) is 10.8. The van der Waals surface area contributed by atoms with Gasteiger partial charge in [-0.15, -0.1) is 0 Å². The number of amides is 1. The molecule has 0 fully saturated rings. The zero-order valence-electron chi connectivity index (χ0n) is 10.8. The van der Waals surface area contributed by atoms with Gasteiger partial charge in [-0.1, -0.05) is 20.8 Å². The predicted octanol–water partition coefficient (Wildman–Crippen LogP) is 1.12. The lowest BCUT2D eigenvalue weighted by atomic mass is 9.93. The lowest BCUT2D eigenvalue weighted by Crippen LogP contribution is -2.56. The molecule has 0 aliphatic rings. The van der Waals surface area contributed by atoms with Crippen molar-refractivity contribution in [3.05, 3.63) is 0 Å². The van der Waals surface area contributed by atoms with Gasteiger partial charge < -0.3 is 0 Å². The van der Waals surface area contributed by atoms with Gasteiger partial charge >= 0.3 is 0 Å². The highest BCUT2D eigenvalue weighted by molar-refractivity contribution is 5.81. The van der Waals surface area contributed by atoms with E-state index < -0.39 is 0 Å². The van der Waals surface area contributed by atoms with Gasteiger partial charge in [0.25, 0.3) is 5.91 Å². The molecule has 0 aromatic carbocycles. The van der Waals surface area contributed by atoms with Crippen LogP contribution in [0.2, 0.25) is 0 Å². The molecule has 0 aromatic heterocycles. The number of nitrogens with zero attached hydrogens (tertiary/aromatic N) is 1. The number of hydrazine groups is 1. The van der Waals surface area contributed by atoms with Crippen LogP contribution >= 0.6 is 0 Å². The second-order valence-electron chi connectivity index (χ2n) is 4.97. The van der Waals surface area contributed by atoms with E-state index in [-0.39, 0.29) is 23.4 Å². The Morgan fingerprint density at radius 3 is 2.20 bits per heavy atom. The number of rotatable bonds is 5. The fourth-order valence-electron chi connectivity index (χ4n) is 1.64. The van der Waals surface area contributed by atoms with Gasteiger partial charge in [-0.2, -0.15) is 0 Å². The van der Waals surface area contributed by atoms with Crippen molar-refractivity contribution in [1.82, 2.24) is 10.3 Å². The molecule has 0 aliphatic carbocycles. The molecule has 0 saturated heterocycles. The zero-order chi connectivity index (χ0) is 12.2. The smallest absolute Gasteiger partial charge is 0.251 e. The highest BCUT2D eigenvalue weighted by Gasteiger charge is 2.33. The first-order chi connectivity index (χ1) is 6.77. The van der Waals surface area contributed by atoms with Crippen LogP contribution in [-0.2, 0) is 4.79 Å². The molecule has 0 bridgehead atoms. The summed E-state index contributed by atoms with van der Waals surface area (Å²) in [5, 5.41) is 0. The Balaban J connectivity index is 4.86. The molecule has 90 valence electrons. The molecule has 3 N–H and O–H groups in total. The summed E-state index contributed by atoms with van der Waals surface area (Å²) in [5.41, 5.74) is 2.24. The predicted molar refractivity (Wildman–Crippen MR) is 63.1 cm³/mol. The molecular weight excluding hydrogens is 190 g/mol. The van der Waals surface area contributed by atoms with Crippen molar-refractivity contribution in [1.29, 1.82) is 0 Å². The SMILES string of the molecule is CCC(C)(C)N(C)C(C(=O)NN)C(C)C. The van der Waals surface area contributed by atoms with Crippen molar-refractivity contribution >= 4 is 5.91 Å². The number of carbonyl (C=O) groups excluding carboxylic acids is 1. The van der Waals surface area contributed by atoms with E-state index >= 15 is 0 Å². The van der Waals surface area contributed by atoms with Crippen LogP contribution in [0.5, 0.6) is 0 Å². The van der Waals surface area contributed by atoms with Crippen LogP contribution in [0.1, 0.15) is 41.0 Å². The molecule has 1 atom stereocenters. The standard InChI is InChI=1S/C11H25N3O/c1-7-11(4,5)14(6)9(8(2)3)10(15)13-12/h8-9H,7,12H2,1-6H3,(H,13,15). The van der Waals surface area contributed by atoms with Crippen molar-refractivity contribution < 1.29 is 4.79 Å². The molecule has 0 aliphatic heterocycles. The number of carbonyl (C=O) groups is 1. The topological polar surface area (TPSA) is 58.4 Å². The Kier molecular flexibility index (Phi) is 5.24. The Hall–Kier alpha value is -0.610. The molecule has 0 spiro atoms. The van der Waals surface area contributed by atoms with E-state index in [4.69, 9.17) is 5.84 Å². The molecule has 0 aromatic rings. The van der Waals surface area contributed by atoms with Gasteiger partial charge in [-0.25, -0.2) is 5.84 Å². The van der Waals surface area contributed by atoms with Crippen LogP contribution in [0.25, 0.3) is 0 Å². The normalized spacial score (nSPS) is 14.5. The van der Waals surface area contributed by atoms with Crippen molar-refractivity contribution in [2.45, 2.75) is 52.6 Å². The van der Waals surface area contributed by atoms with Gasteiger partial charge in [0.2, 0.25) is 0 Å². The average Bonchev–Trinajstić information content (AvgIpc) is 2.16.